The van der Waals surface area contributed by atoms with Crippen molar-refractivity contribution in [3.05, 3.63) is 47.8 Å². The number of fused-ring (bicyclic) bond motifs is 1. The van der Waals surface area contributed by atoms with Crippen LogP contribution >= 0.6 is 0 Å². The quantitative estimate of drug-likeness (QED) is 0.666. The molecule has 0 saturated heterocycles. The largest absolute Gasteiger partial charge is 0.379 e. The highest BCUT2D eigenvalue weighted by atomic mass is 16.5. The molecule has 8 heteroatoms. The zero-order valence-electron chi connectivity index (χ0n) is 17.2. The monoisotopic (exact) mass is 405 g/mol. The Morgan fingerprint density at radius 1 is 1.20 bits per heavy atom. The fourth-order valence-electron chi connectivity index (χ4n) is 3.71. The predicted octanol–water partition coefficient (Wildman–Crippen LogP) is 3.72. The lowest BCUT2D eigenvalue weighted by atomic mass is 9.81. The minimum absolute atomic E-state index is 0.110. The third-order valence-corrected chi connectivity index (χ3v) is 5.72. The predicted molar refractivity (Wildman–Crippen MR) is 112 cm³/mol. The van der Waals surface area contributed by atoms with Crippen molar-refractivity contribution in [3.8, 4) is 22.8 Å². The molecule has 0 atom stereocenters. The van der Waals surface area contributed by atoms with Crippen molar-refractivity contribution < 1.29 is 14.1 Å². The van der Waals surface area contributed by atoms with E-state index in [9.17, 15) is 9.59 Å². The molecule has 0 bridgehead atoms. The summed E-state index contributed by atoms with van der Waals surface area (Å²) >= 11 is 0. The van der Waals surface area contributed by atoms with Gasteiger partial charge in [-0.05, 0) is 43.2 Å². The number of amides is 1. The van der Waals surface area contributed by atoms with Crippen molar-refractivity contribution in [2.75, 3.05) is 12.4 Å². The van der Waals surface area contributed by atoms with E-state index in [4.69, 9.17) is 4.52 Å². The highest BCUT2D eigenvalue weighted by Gasteiger charge is 2.35. The van der Waals surface area contributed by atoms with Gasteiger partial charge in [-0.25, -0.2) is 0 Å². The first-order chi connectivity index (χ1) is 14.5. The molecule has 0 saturated carbocycles. The molecule has 8 nitrogen and oxygen atoms in total. The van der Waals surface area contributed by atoms with Gasteiger partial charge in [0.1, 0.15) is 5.69 Å². The Balaban J connectivity index is 1.65. The van der Waals surface area contributed by atoms with Crippen LogP contribution in [0.15, 0.2) is 41.1 Å². The van der Waals surface area contributed by atoms with Crippen molar-refractivity contribution >= 4 is 17.4 Å². The first-order valence-corrected chi connectivity index (χ1v) is 9.96. The summed E-state index contributed by atoms with van der Waals surface area (Å²) < 4.78 is 5.43. The minimum atomic E-state index is -0.295. The zero-order chi connectivity index (χ0) is 21.3. The van der Waals surface area contributed by atoms with Gasteiger partial charge < -0.3 is 15.2 Å². The molecular formula is C22H23N5O3. The number of hydrogen-bond donors (Lipinski definition) is 2. The average molecular weight is 405 g/mol. The van der Waals surface area contributed by atoms with Crippen LogP contribution in [0.2, 0.25) is 0 Å². The number of rotatable bonds is 5. The molecule has 1 aliphatic heterocycles. The second kappa shape index (κ2) is 7.70. The van der Waals surface area contributed by atoms with E-state index in [2.05, 4.69) is 39.6 Å². The summed E-state index contributed by atoms with van der Waals surface area (Å²) in [5.74, 6) is 0.465. The van der Waals surface area contributed by atoms with Crippen LogP contribution in [0.4, 0.5) is 5.69 Å². The number of benzene rings is 1. The summed E-state index contributed by atoms with van der Waals surface area (Å²) in [5, 5.41) is 10.1. The smallest absolute Gasteiger partial charge is 0.269 e. The number of nitrogens with zero attached hydrogens (tertiary/aromatic N) is 3. The van der Waals surface area contributed by atoms with Crippen LogP contribution in [-0.4, -0.2) is 39.4 Å². The molecule has 4 rings (SSSR count). The SMILES string of the molecule is CCC1(CC)CC(=O)c2cc(-c3nc(-c4ccnc(C(=O)NC)c4)no3)ccc2N1. The van der Waals surface area contributed by atoms with Gasteiger partial charge >= 0.3 is 0 Å². The molecule has 154 valence electrons. The summed E-state index contributed by atoms with van der Waals surface area (Å²) in [7, 11) is 1.54. The number of hydrogen-bond acceptors (Lipinski definition) is 7. The molecule has 0 aliphatic carbocycles. The van der Waals surface area contributed by atoms with Crippen LogP contribution in [-0.2, 0) is 0 Å². The molecule has 0 fully saturated rings. The van der Waals surface area contributed by atoms with Gasteiger partial charge in [0, 0.05) is 47.6 Å². The molecule has 0 unspecified atom stereocenters. The van der Waals surface area contributed by atoms with Gasteiger partial charge in [-0.2, -0.15) is 4.98 Å². The molecule has 1 amide bonds. The lowest BCUT2D eigenvalue weighted by Crippen LogP contribution is -2.43. The molecule has 1 aliphatic rings. The number of pyridine rings is 1. The van der Waals surface area contributed by atoms with Crippen LogP contribution in [0.5, 0.6) is 0 Å². The van der Waals surface area contributed by atoms with Crippen LogP contribution in [0.25, 0.3) is 22.8 Å². The van der Waals surface area contributed by atoms with Gasteiger partial charge in [0.25, 0.3) is 11.8 Å². The molecule has 1 aromatic carbocycles. The first-order valence-electron chi connectivity index (χ1n) is 9.96. The van der Waals surface area contributed by atoms with Crippen LogP contribution in [0.1, 0.15) is 54.0 Å². The molecule has 3 aromatic rings. The van der Waals surface area contributed by atoms with Gasteiger partial charge in [0.15, 0.2) is 5.78 Å². The van der Waals surface area contributed by atoms with Crippen molar-refractivity contribution in [2.45, 2.75) is 38.6 Å². The second-order valence-corrected chi connectivity index (χ2v) is 7.40. The Bertz CT molecular complexity index is 1120. The molecule has 3 heterocycles. The third-order valence-electron chi connectivity index (χ3n) is 5.72. The van der Waals surface area contributed by atoms with E-state index in [0.29, 0.717) is 34.8 Å². The van der Waals surface area contributed by atoms with E-state index in [0.717, 1.165) is 18.5 Å². The van der Waals surface area contributed by atoms with Gasteiger partial charge in [-0.15, -0.1) is 0 Å². The number of anilines is 1. The normalized spacial score (nSPS) is 14.7. The van der Waals surface area contributed by atoms with Gasteiger partial charge in [-0.3, -0.25) is 14.6 Å². The number of carbonyl (C=O) groups is 2. The van der Waals surface area contributed by atoms with Gasteiger partial charge in [0.2, 0.25) is 5.82 Å². The minimum Gasteiger partial charge on any atom is -0.379 e. The lowest BCUT2D eigenvalue weighted by Gasteiger charge is -2.38. The molecule has 0 spiro atoms. The summed E-state index contributed by atoms with van der Waals surface area (Å²) in [6.45, 7) is 4.19. The Morgan fingerprint density at radius 2 is 2.00 bits per heavy atom. The van der Waals surface area contributed by atoms with Crippen molar-refractivity contribution in [3.63, 3.8) is 0 Å². The number of aromatic nitrogens is 3. The second-order valence-electron chi connectivity index (χ2n) is 7.40. The maximum absolute atomic E-state index is 12.8. The van der Waals surface area contributed by atoms with Gasteiger partial charge in [0.05, 0.1) is 0 Å². The van der Waals surface area contributed by atoms with Crippen LogP contribution in [0.3, 0.4) is 0 Å². The first kappa shape index (κ1) is 19.8. The summed E-state index contributed by atoms with van der Waals surface area (Å²) in [6.07, 6.45) is 3.75. The van der Waals surface area contributed by atoms with E-state index >= 15 is 0 Å². The van der Waals surface area contributed by atoms with Crippen molar-refractivity contribution in [1.29, 1.82) is 0 Å². The van der Waals surface area contributed by atoms with Crippen LogP contribution in [0, 0.1) is 0 Å². The number of nitrogens with one attached hydrogen (secondary N) is 2. The van der Waals surface area contributed by atoms with E-state index in [-0.39, 0.29) is 22.9 Å². The number of Topliss-reactive ketones (excluding diaryl/α,β-unsaturated/α-hetero) is 1. The Kier molecular flexibility index (Phi) is 5.07. The molecule has 2 N–H and O–H groups in total. The Hall–Kier alpha value is -3.55. The maximum atomic E-state index is 12.8. The standard InChI is InChI=1S/C22H23N5O3/c1-4-22(5-2)12-18(28)15-10-14(6-7-16(15)26-22)21-25-19(27-30-21)13-8-9-24-17(11-13)20(29)23-3/h6-11,26H,4-5,12H2,1-3H3,(H,23,29). The third kappa shape index (κ3) is 3.45. The zero-order valence-corrected chi connectivity index (χ0v) is 17.2. The van der Waals surface area contributed by atoms with E-state index < -0.39 is 0 Å². The highest BCUT2D eigenvalue weighted by molar-refractivity contribution is 6.05. The molecule has 30 heavy (non-hydrogen) atoms. The Labute approximate surface area is 174 Å². The molecular weight excluding hydrogens is 382 g/mol. The van der Waals surface area contributed by atoms with Crippen LogP contribution < -0.4 is 10.6 Å². The summed E-state index contributed by atoms with van der Waals surface area (Å²) in [6, 6.07) is 8.85. The topological polar surface area (TPSA) is 110 Å². The number of ketones is 1. The molecule has 0 radical (unpaired) electrons. The van der Waals surface area contributed by atoms with Crippen molar-refractivity contribution in [2.24, 2.45) is 0 Å². The Morgan fingerprint density at radius 3 is 2.73 bits per heavy atom. The number of carbonyl (C=O) groups excluding carboxylic acids is 2. The van der Waals surface area contributed by atoms with Crippen molar-refractivity contribution in [1.82, 2.24) is 20.4 Å². The average Bonchev–Trinajstić information content (AvgIpc) is 3.28. The summed E-state index contributed by atoms with van der Waals surface area (Å²) in [4.78, 5) is 33.1. The van der Waals surface area contributed by atoms with Gasteiger partial charge in [-0.1, -0.05) is 19.0 Å². The lowest BCUT2D eigenvalue weighted by molar-refractivity contribution is 0.0942. The maximum Gasteiger partial charge on any atom is 0.269 e. The fraction of sp³-hybridized carbons (Fsp3) is 0.318. The van der Waals surface area contributed by atoms with E-state index in [1.54, 1.807) is 25.2 Å². The highest BCUT2D eigenvalue weighted by Crippen LogP contribution is 2.37. The fourth-order valence-corrected chi connectivity index (χ4v) is 3.71. The van der Waals surface area contributed by atoms with E-state index in [1.807, 2.05) is 12.1 Å². The van der Waals surface area contributed by atoms with E-state index in [1.165, 1.54) is 6.20 Å². The summed E-state index contributed by atoms with van der Waals surface area (Å²) in [5.41, 5.74) is 2.84. The molecule has 2 aromatic heterocycles.